The minimum atomic E-state index is -0.318. The fraction of sp³-hybridized carbons (Fsp3) is 0.105. The number of aromatic nitrogens is 2. The first-order valence-electron chi connectivity index (χ1n) is 7.90. The molecule has 0 fully saturated rings. The highest BCUT2D eigenvalue weighted by Gasteiger charge is 2.08. The summed E-state index contributed by atoms with van der Waals surface area (Å²) in [5.74, 6) is 0.589. The van der Waals surface area contributed by atoms with Crippen molar-refractivity contribution in [2.75, 3.05) is 12.4 Å². The summed E-state index contributed by atoms with van der Waals surface area (Å²) in [7, 11) is 1.60. The number of benzene rings is 2. The molecule has 1 heterocycles. The van der Waals surface area contributed by atoms with Crippen LogP contribution in [0.25, 0.3) is 0 Å². The van der Waals surface area contributed by atoms with E-state index >= 15 is 0 Å². The first-order valence-corrected chi connectivity index (χ1v) is 7.90. The van der Waals surface area contributed by atoms with Crippen molar-refractivity contribution in [3.8, 4) is 5.75 Å². The molecule has 0 atom stereocenters. The molecule has 0 saturated carbocycles. The van der Waals surface area contributed by atoms with Crippen LogP contribution >= 0.6 is 0 Å². The van der Waals surface area contributed by atoms with Crippen molar-refractivity contribution < 1.29 is 13.9 Å². The SMILES string of the molecule is COc1ccc(CNC(=O)c2cnc(Nc3ccc(F)cc3)cn2)cc1. The zero-order chi connectivity index (χ0) is 18.4. The number of ether oxygens (including phenoxy) is 1. The Bertz CT molecular complexity index is 866. The minimum absolute atomic E-state index is 0.211. The molecular formula is C19H17FN4O2. The molecular weight excluding hydrogens is 335 g/mol. The third-order valence-corrected chi connectivity index (χ3v) is 3.61. The van der Waals surface area contributed by atoms with Gasteiger partial charge in [0.25, 0.3) is 5.91 Å². The quantitative estimate of drug-likeness (QED) is 0.712. The summed E-state index contributed by atoms with van der Waals surface area (Å²) in [5, 5.41) is 5.77. The molecule has 26 heavy (non-hydrogen) atoms. The van der Waals surface area contributed by atoms with Gasteiger partial charge in [0.2, 0.25) is 0 Å². The summed E-state index contributed by atoms with van der Waals surface area (Å²) in [6, 6.07) is 13.3. The van der Waals surface area contributed by atoms with Crippen molar-refractivity contribution in [2.45, 2.75) is 6.54 Å². The van der Waals surface area contributed by atoms with Crippen LogP contribution in [0.15, 0.2) is 60.9 Å². The van der Waals surface area contributed by atoms with Gasteiger partial charge in [-0.2, -0.15) is 0 Å². The smallest absolute Gasteiger partial charge is 0.271 e. The summed E-state index contributed by atoms with van der Waals surface area (Å²) < 4.78 is 18.0. The normalized spacial score (nSPS) is 10.2. The highest BCUT2D eigenvalue weighted by molar-refractivity contribution is 5.92. The lowest BCUT2D eigenvalue weighted by Gasteiger charge is -2.07. The minimum Gasteiger partial charge on any atom is -0.497 e. The Kier molecular flexibility index (Phi) is 5.38. The van der Waals surface area contributed by atoms with Crippen molar-refractivity contribution in [1.29, 1.82) is 0 Å². The van der Waals surface area contributed by atoms with Crippen molar-refractivity contribution >= 4 is 17.4 Å². The zero-order valence-electron chi connectivity index (χ0n) is 14.1. The van der Waals surface area contributed by atoms with Gasteiger partial charge in [0.15, 0.2) is 0 Å². The second-order valence-electron chi connectivity index (χ2n) is 5.45. The molecule has 0 aliphatic carbocycles. The van der Waals surface area contributed by atoms with Gasteiger partial charge in [-0.05, 0) is 42.0 Å². The van der Waals surface area contributed by atoms with E-state index in [0.29, 0.717) is 18.1 Å². The lowest BCUT2D eigenvalue weighted by atomic mass is 10.2. The third kappa shape index (κ3) is 4.54. The van der Waals surface area contributed by atoms with Crippen LogP contribution in [0.1, 0.15) is 16.1 Å². The molecule has 6 nitrogen and oxygen atoms in total. The molecule has 0 bridgehead atoms. The van der Waals surface area contributed by atoms with Crippen LogP contribution in [-0.4, -0.2) is 23.0 Å². The van der Waals surface area contributed by atoms with E-state index in [4.69, 9.17) is 4.74 Å². The van der Waals surface area contributed by atoms with E-state index in [2.05, 4.69) is 20.6 Å². The molecule has 2 aromatic carbocycles. The molecule has 3 aromatic rings. The van der Waals surface area contributed by atoms with E-state index in [1.54, 1.807) is 19.2 Å². The predicted octanol–water partition coefficient (Wildman–Crippen LogP) is 3.30. The Labute approximate surface area is 150 Å². The Morgan fingerprint density at radius 2 is 1.77 bits per heavy atom. The largest absolute Gasteiger partial charge is 0.497 e. The molecule has 1 amide bonds. The molecule has 7 heteroatoms. The van der Waals surface area contributed by atoms with Crippen LogP contribution in [0.2, 0.25) is 0 Å². The number of halogens is 1. The average Bonchev–Trinajstić information content (AvgIpc) is 2.69. The standard InChI is InChI=1S/C19H17FN4O2/c1-26-16-8-2-13(3-9-16)10-23-19(25)17-11-22-18(12-21-17)24-15-6-4-14(20)5-7-15/h2-9,11-12H,10H2,1H3,(H,22,24)(H,23,25). The maximum Gasteiger partial charge on any atom is 0.271 e. The number of methoxy groups -OCH3 is 1. The first-order chi connectivity index (χ1) is 12.6. The van der Waals surface area contributed by atoms with E-state index in [9.17, 15) is 9.18 Å². The van der Waals surface area contributed by atoms with Crippen LogP contribution in [0.3, 0.4) is 0 Å². The van der Waals surface area contributed by atoms with E-state index in [-0.39, 0.29) is 17.4 Å². The lowest BCUT2D eigenvalue weighted by Crippen LogP contribution is -2.24. The second kappa shape index (κ2) is 8.06. The summed E-state index contributed by atoms with van der Waals surface area (Å²) in [6.45, 7) is 0.375. The molecule has 0 aliphatic heterocycles. The Hall–Kier alpha value is -3.48. The van der Waals surface area contributed by atoms with Gasteiger partial charge in [-0.1, -0.05) is 12.1 Å². The van der Waals surface area contributed by atoms with Gasteiger partial charge < -0.3 is 15.4 Å². The van der Waals surface area contributed by atoms with E-state index in [0.717, 1.165) is 11.3 Å². The van der Waals surface area contributed by atoms with Gasteiger partial charge in [-0.25, -0.2) is 14.4 Å². The van der Waals surface area contributed by atoms with Crippen molar-refractivity contribution in [2.24, 2.45) is 0 Å². The van der Waals surface area contributed by atoms with Crippen LogP contribution in [0.4, 0.5) is 15.9 Å². The van der Waals surface area contributed by atoms with Gasteiger partial charge in [-0.15, -0.1) is 0 Å². The molecule has 0 radical (unpaired) electrons. The highest BCUT2D eigenvalue weighted by Crippen LogP contribution is 2.14. The number of carbonyl (C=O) groups excluding carboxylic acids is 1. The second-order valence-corrected chi connectivity index (χ2v) is 5.45. The molecule has 1 aromatic heterocycles. The Morgan fingerprint density at radius 1 is 1.04 bits per heavy atom. The maximum atomic E-state index is 12.9. The number of carbonyl (C=O) groups is 1. The van der Waals surface area contributed by atoms with Crippen LogP contribution < -0.4 is 15.4 Å². The number of hydrogen-bond acceptors (Lipinski definition) is 5. The molecule has 0 unspecified atom stereocenters. The van der Waals surface area contributed by atoms with Crippen LogP contribution in [0.5, 0.6) is 5.75 Å². The number of hydrogen-bond donors (Lipinski definition) is 2. The van der Waals surface area contributed by atoms with Crippen LogP contribution in [0, 0.1) is 5.82 Å². The fourth-order valence-electron chi connectivity index (χ4n) is 2.21. The molecule has 0 spiro atoms. The van der Waals surface area contributed by atoms with Gasteiger partial charge in [0, 0.05) is 12.2 Å². The van der Waals surface area contributed by atoms with Gasteiger partial charge in [-0.3, -0.25) is 4.79 Å². The average molecular weight is 352 g/mol. The highest BCUT2D eigenvalue weighted by atomic mass is 19.1. The first kappa shape index (κ1) is 17.3. The summed E-state index contributed by atoms with van der Waals surface area (Å²) in [5.41, 5.74) is 1.84. The predicted molar refractivity (Wildman–Crippen MR) is 95.9 cm³/mol. The van der Waals surface area contributed by atoms with Gasteiger partial charge >= 0.3 is 0 Å². The molecule has 0 aliphatic rings. The topological polar surface area (TPSA) is 76.1 Å². The Morgan fingerprint density at radius 3 is 2.38 bits per heavy atom. The van der Waals surface area contributed by atoms with E-state index < -0.39 is 0 Å². The van der Waals surface area contributed by atoms with Crippen molar-refractivity contribution in [3.05, 3.63) is 78.0 Å². The van der Waals surface area contributed by atoms with Crippen molar-refractivity contribution in [3.63, 3.8) is 0 Å². The van der Waals surface area contributed by atoms with Crippen molar-refractivity contribution in [1.82, 2.24) is 15.3 Å². The molecule has 3 rings (SSSR count). The third-order valence-electron chi connectivity index (χ3n) is 3.61. The monoisotopic (exact) mass is 352 g/mol. The summed E-state index contributed by atoms with van der Waals surface area (Å²) >= 11 is 0. The lowest BCUT2D eigenvalue weighted by molar-refractivity contribution is 0.0945. The number of nitrogens with one attached hydrogen (secondary N) is 2. The molecule has 0 saturated heterocycles. The molecule has 132 valence electrons. The maximum absolute atomic E-state index is 12.9. The van der Waals surface area contributed by atoms with Gasteiger partial charge in [0.05, 0.1) is 19.5 Å². The Balaban J connectivity index is 1.56. The summed E-state index contributed by atoms with van der Waals surface area (Å²) in [4.78, 5) is 20.4. The fourth-order valence-corrected chi connectivity index (χ4v) is 2.21. The van der Waals surface area contributed by atoms with E-state index in [1.807, 2.05) is 24.3 Å². The van der Waals surface area contributed by atoms with Crippen LogP contribution in [-0.2, 0) is 6.54 Å². The number of nitrogens with zero attached hydrogens (tertiary/aromatic N) is 2. The summed E-state index contributed by atoms with van der Waals surface area (Å²) in [6.07, 6.45) is 2.83. The van der Waals surface area contributed by atoms with E-state index in [1.165, 1.54) is 24.5 Å². The zero-order valence-corrected chi connectivity index (χ0v) is 14.1. The number of amides is 1. The number of rotatable bonds is 6. The molecule has 2 N–H and O–H groups in total. The van der Waals surface area contributed by atoms with Gasteiger partial charge in [0.1, 0.15) is 23.1 Å². The number of anilines is 2.